The van der Waals surface area contributed by atoms with Crippen molar-refractivity contribution in [3.63, 3.8) is 0 Å². The first-order valence-corrected chi connectivity index (χ1v) is 5.15. The summed E-state index contributed by atoms with van der Waals surface area (Å²) in [6.45, 7) is 0. The SMILES string of the molecule is Oc1cccc2ccc(C3=NC=CC3)nc12. The number of hydrogen-bond acceptors (Lipinski definition) is 3. The molecule has 16 heavy (non-hydrogen) atoms. The average molecular weight is 210 g/mol. The van der Waals surface area contributed by atoms with Crippen LogP contribution < -0.4 is 0 Å². The van der Waals surface area contributed by atoms with E-state index < -0.39 is 0 Å². The standard InChI is InChI=1S/C13H10N2O/c16-12-5-1-3-9-6-7-11(15-13(9)12)10-4-2-8-14-10/h1-3,5-8,16H,4H2. The van der Waals surface area contributed by atoms with E-state index in [1.807, 2.05) is 30.3 Å². The summed E-state index contributed by atoms with van der Waals surface area (Å²) in [5, 5.41) is 10.7. The number of fused-ring (bicyclic) bond motifs is 1. The first-order valence-electron chi connectivity index (χ1n) is 5.15. The van der Waals surface area contributed by atoms with E-state index in [4.69, 9.17) is 0 Å². The lowest BCUT2D eigenvalue weighted by atomic mass is 10.1. The number of nitrogens with zero attached hydrogens (tertiary/aromatic N) is 2. The van der Waals surface area contributed by atoms with Crippen LogP contribution in [0.2, 0.25) is 0 Å². The highest BCUT2D eigenvalue weighted by atomic mass is 16.3. The van der Waals surface area contributed by atoms with Gasteiger partial charge in [-0.1, -0.05) is 24.3 Å². The van der Waals surface area contributed by atoms with Crippen LogP contribution in [0.5, 0.6) is 5.75 Å². The molecule has 0 spiro atoms. The summed E-state index contributed by atoms with van der Waals surface area (Å²) in [5.74, 6) is 0.214. The van der Waals surface area contributed by atoms with Gasteiger partial charge in [-0.15, -0.1) is 0 Å². The largest absolute Gasteiger partial charge is 0.506 e. The zero-order valence-corrected chi connectivity index (χ0v) is 8.59. The Morgan fingerprint density at radius 1 is 1.12 bits per heavy atom. The second kappa shape index (κ2) is 3.45. The molecule has 0 unspecified atom stereocenters. The second-order valence-electron chi connectivity index (χ2n) is 3.71. The fourth-order valence-electron chi connectivity index (χ4n) is 1.82. The minimum atomic E-state index is 0.214. The summed E-state index contributed by atoms with van der Waals surface area (Å²) >= 11 is 0. The van der Waals surface area contributed by atoms with E-state index in [0.29, 0.717) is 5.52 Å². The molecule has 1 aliphatic heterocycles. The molecule has 0 amide bonds. The summed E-state index contributed by atoms with van der Waals surface area (Å²) in [4.78, 5) is 8.67. The van der Waals surface area contributed by atoms with Gasteiger partial charge in [0.15, 0.2) is 0 Å². The van der Waals surface area contributed by atoms with Crippen molar-refractivity contribution in [2.24, 2.45) is 4.99 Å². The fourth-order valence-corrected chi connectivity index (χ4v) is 1.82. The molecule has 0 bridgehead atoms. The van der Waals surface area contributed by atoms with Gasteiger partial charge >= 0.3 is 0 Å². The van der Waals surface area contributed by atoms with Crippen LogP contribution in [0, 0.1) is 0 Å². The Bertz CT molecular complexity index is 614. The average Bonchev–Trinajstić information content (AvgIpc) is 2.83. The first kappa shape index (κ1) is 9.09. The topological polar surface area (TPSA) is 45.5 Å². The van der Waals surface area contributed by atoms with Crippen molar-refractivity contribution < 1.29 is 5.11 Å². The van der Waals surface area contributed by atoms with Gasteiger partial charge in [-0.3, -0.25) is 4.99 Å². The predicted molar refractivity (Wildman–Crippen MR) is 63.7 cm³/mol. The number of rotatable bonds is 1. The number of aliphatic imine (C=N–C) groups is 1. The molecular weight excluding hydrogens is 200 g/mol. The highest BCUT2D eigenvalue weighted by Gasteiger charge is 2.08. The molecule has 78 valence electrons. The molecule has 3 nitrogen and oxygen atoms in total. The third kappa shape index (κ3) is 1.37. The Hall–Kier alpha value is -2.16. The number of aromatic hydroxyl groups is 1. The quantitative estimate of drug-likeness (QED) is 0.786. The van der Waals surface area contributed by atoms with E-state index in [-0.39, 0.29) is 5.75 Å². The van der Waals surface area contributed by atoms with Crippen LogP contribution in [-0.2, 0) is 0 Å². The molecule has 3 rings (SSSR count). The number of phenolic OH excluding ortho intramolecular Hbond substituents is 1. The summed E-state index contributed by atoms with van der Waals surface area (Å²) < 4.78 is 0. The van der Waals surface area contributed by atoms with Crippen LogP contribution in [0.25, 0.3) is 10.9 Å². The Balaban J connectivity index is 2.19. The van der Waals surface area contributed by atoms with Crippen molar-refractivity contribution in [3.05, 3.63) is 48.3 Å². The maximum absolute atomic E-state index is 9.72. The van der Waals surface area contributed by atoms with Gasteiger partial charge in [0, 0.05) is 18.0 Å². The van der Waals surface area contributed by atoms with Gasteiger partial charge in [0.1, 0.15) is 11.3 Å². The van der Waals surface area contributed by atoms with E-state index in [0.717, 1.165) is 23.2 Å². The maximum Gasteiger partial charge on any atom is 0.141 e. The van der Waals surface area contributed by atoms with E-state index >= 15 is 0 Å². The van der Waals surface area contributed by atoms with Gasteiger partial charge in [0.05, 0.1) is 11.4 Å². The van der Waals surface area contributed by atoms with Crippen molar-refractivity contribution in [1.29, 1.82) is 0 Å². The zero-order chi connectivity index (χ0) is 11.0. The Kier molecular flexibility index (Phi) is 1.96. The van der Waals surface area contributed by atoms with Crippen molar-refractivity contribution in [2.75, 3.05) is 0 Å². The first-order chi connectivity index (χ1) is 7.84. The van der Waals surface area contributed by atoms with Gasteiger partial charge in [0.25, 0.3) is 0 Å². The lowest BCUT2D eigenvalue weighted by Gasteiger charge is -2.03. The molecule has 0 aliphatic carbocycles. The molecule has 0 fully saturated rings. The van der Waals surface area contributed by atoms with Gasteiger partial charge in [0.2, 0.25) is 0 Å². The molecule has 1 aromatic carbocycles. The van der Waals surface area contributed by atoms with E-state index in [2.05, 4.69) is 9.98 Å². The second-order valence-corrected chi connectivity index (χ2v) is 3.71. The molecule has 2 heterocycles. The van der Waals surface area contributed by atoms with Crippen LogP contribution in [0.15, 0.2) is 47.6 Å². The Morgan fingerprint density at radius 2 is 2.06 bits per heavy atom. The summed E-state index contributed by atoms with van der Waals surface area (Å²) in [6.07, 6.45) is 4.59. The molecule has 1 aliphatic rings. The van der Waals surface area contributed by atoms with E-state index in [9.17, 15) is 5.11 Å². The number of para-hydroxylation sites is 1. The number of pyridine rings is 1. The van der Waals surface area contributed by atoms with Crippen molar-refractivity contribution >= 4 is 16.6 Å². The van der Waals surface area contributed by atoms with Gasteiger partial charge in [-0.05, 0) is 12.1 Å². The number of phenols is 1. The van der Waals surface area contributed by atoms with Crippen molar-refractivity contribution in [3.8, 4) is 5.75 Å². The normalized spacial score (nSPS) is 14.4. The van der Waals surface area contributed by atoms with Crippen LogP contribution >= 0.6 is 0 Å². The number of aromatic nitrogens is 1. The molecule has 1 aromatic heterocycles. The van der Waals surface area contributed by atoms with Gasteiger partial charge in [-0.25, -0.2) is 4.98 Å². The predicted octanol–water partition coefficient (Wildman–Crippen LogP) is 2.65. The molecule has 1 N–H and O–H groups in total. The lowest BCUT2D eigenvalue weighted by Crippen LogP contribution is -1.99. The fraction of sp³-hybridized carbons (Fsp3) is 0.0769. The van der Waals surface area contributed by atoms with Crippen LogP contribution in [0.3, 0.4) is 0 Å². The minimum Gasteiger partial charge on any atom is -0.506 e. The smallest absolute Gasteiger partial charge is 0.141 e. The molecule has 0 saturated carbocycles. The number of benzene rings is 1. The van der Waals surface area contributed by atoms with Crippen molar-refractivity contribution in [1.82, 2.24) is 4.98 Å². The third-order valence-electron chi connectivity index (χ3n) is 2.64. The third-order valence-corrected chi connectivity index (χ3v) is 2.64. The highest BCUT2D eigenvalue weighted by molar-refractivity contribution is 6.03. The Morgan fingerprint density at radius 3 is 2.88 bits per heavy atom. The highest BCUT2D eigenvalue weighted by Crippen LogP contribution is 2.23. The van der Waals surface area contributed by atoms with Crippen LogP contribution in [0.4, 0.5) is 0 Å². The summed E-state index contributed by atoms with van der Waals surface area (Å²) in [7, 11) is 0. The van der Waals surface area contributed by atoms with Crippen LogP contribution in [0.1, 0.15) is 12.1 Å². The lowest BCUT2D eigenvalue weighted by molar-refractivity contribution is 0.480. The zero-order valence-electron chi connectivity index (χ0n) is 8.59. The van der Waals surface area contributed by atoms with Crippen molar-refractivity contribution in [2.45, 2.75) is 6.42 Å². The van der Waals surface area contributed by atoms with Gasteiger partial charge in [-0.2, -0.15) is 0 Å². The van der Waals surface area contributed by atoms with E-state index in [1.165, 1.54) is 0 Å². The number of allylic oxidation sites excluding steroid dienone is 1. The van der Waals surface area contributed by atoms with Gasteiger partial charge < -0.3 is 5.11 Å². The molecule has 0 atom stereocenters. The van der Waals surface area contributed by atoms with Crippen LogP contribution in [-0.4, -0.2) is 15.8 Å². The minimum absolute atomic E-state index is 0.214. The maximum atomic E-state index is 9.72. The van der Waals surface area contributed by atoms with E-state index in [1.54, 1.807) is 12.3 Å². The summed E-state index contributed by atoms with van der Waals surface area (Å²) in [6, 6.07) is 9.29. The monoisotopic (exact) mass is 210 g/mol. The summed E-state index contributed by atoms with van der Waals surface area (Å²) in [5.41, 5.74) is 2.42. The Labute approximate surface area is 92.8 Å². The molecular formula is C13H10N2O. The molecule has 0 saturated heterocycles. The molecule has 3 heteroatoms. The molecule has 2 aromatic rings. The number of hydrogen-bond donors (Lipinski definition) is 1. The molecule has 0 radical (unpaired) electrons.